The lowest BCUT2D eigenvalue weighted by Gasteiger charge is -2.06. The van der Waals surface area contributed by atoms with Gasteiger partial charge in [0, 0.05) is 17.3 Å². The first-order valence-electron chi connectivity index (χ1n) is 6.99. The maximum atomic E-state index is 13.9. The molecule has 2 rings (SSSR count). The molecule has 0 unspecified atom stereocenters. The van der Waals surface area contributed by atoms with Gasteiger partial charge in [-0.05, 0) is 44.0 Å². The SMILES string of the molecule is CCCCc1cnc(-c2ccc(OCC)cc2)nc1F. The zero-order valence-electron chi connectivity index (χ0n) is 11.9. The zero-order chi connectivity index (χ0) is 14.4. The summed E-state index contributed by atoms with van der Waals surface area (Å²) in [7, 11) is 0. The minimum Gasteiger partial charge on any atom is -0.494 e. The second kappa shape index (κ2) is 6.98. The number of nitrogens with zero attached hydrogens (tertiary/aromatic N) is 2. The number of benzene rings is 1. The summed E-state index contributed by atoms with van der Waals surface area (Å²) >= 11 is 0. The van der Waals surface area contributed by atoms with E-state index in [1.54, 1.807) is 6.20 Å². The summed E-state index contributed by atoms with van der Waals surface area (Å²) in [6.07, 6.45) is 4.25. The zero-order valence-corrected chi connectivity index (χ0v) is 11.9. The fraction of sp³-hybridized carbons (Fsp3) is 0.375. The number of aryl methyl sites for hydroxylation is 1. The highest BCUT2D eigenvalue weighted by Crippen LogP contribution is 2.20. The van der Waals surface area contributed by atoms with Crippen molar-refractivity contribution in [1.82, 2.24) is 9.97 Å². The van der Waals surface area contributed by atoms with Gasteiger partial charge in [0.2, 0.25) is 5.95 Å². The first kappa shape index (κ1) is 14.4. The van der Waals surface area contributed by atoms with Crippen LogP contribution in [0.15, 0.2) is 30.5 Å². The fourth-order valence-corrected chi connectivity index (χ4v) is 1.93. The molecule has 106 valence electrons. The third-order valence-electron chi connectivity index (χ3n) is 3.03. The van der Waals surface area contributed by atoms with Crippen LogP contribution in [-0.2, 0) is 6.42 Å². The van der Waals surface area contributed by atoms with Crippen molar-refractivity contribution in [2.45, 2.75) is 33.1 Å². The van der Waals surface area contributed by atoms with Crippen LogP contribution < -0.4 is 4.74 Å². The number of ether oxygens (including phenoxy) is 1. The molecule has 1 heterocycles. The van der Waals surface area contributed by atoms with Gasteiger partial charge in [0.1, 0.15) is 5.75 Å². The highest BCUT2D eigenvalue weighted by molar-refractivity contribution is 5.56. The van der Waals surface area contributed by atoms with Crippen LogP contribution in [0.4, 0.5) is 4.39 Å². The van der Waals surface area contributed by atoms with Gasteiger partial charge in [-0.15, -0.1) is 0 Å². The van der Waals surface area contributed by atoms with Gasteiger partial charge in [0.15, 0.2) is 5.82 Å². The Morgan fingerprint density at radius 2 is 1.90 bits per heavy atom. The van der Waals surface area contributed by atoms with E-state index < -0.39 is 5.95 Å². The molecule has 1 aromatic carbocycles. The molecule has 0 radical (unpaired) electrons. The Hall–Kier alpha value is -1.97. The van der Waals surface area contributed by atoms with Crippen molar-refractivity contribution >= 4 is 0 Å². The van der Waals surface area contributed by atoms with Crippen molar-refractivity contribution in [1.29, 1.82) is 0 Å². The predicted molar refractivity (Wildman–Crippen MR) is 77.2 cm³/mol. The van der Waals surface area contributed by atoms with Crippen LogP contribution in [0.25, 0.3) is 11.4 Å². The summed E-state index contributed by atoms with van der Waals surface area (Å²) in [5.41, 5.74) is 1.37. The Bertz CT molecular complexity index is 555. The molecule has 0 saturated carbocycles. The maximum absolute atomic E-state index is 13.9. The second-order valence-corrected chi connectivity index (χ2v) is 4.57. The Morgan fingerprint density at radius 1 is 1.15 bits per heavy atom. The van der Waals surface area contributed by atoms with E-state index in [4.69, 9.17) is 4.74 Å². The average molecular weight is 274 g/mol. The van der Waals surface area contributed by atoms with E-state index in [-0.39, 0.29) is 0 Å². The molecule has 20 heavy (non-hydrogen) atoms. The Balaban J connectivity index is 2.18. The van der Waals surface area contributed by atoms with E-state index in [1.165, 1.54) is 0 Å². The smallest absolute Gasteiger partial charge is 0.219 e. The number of hydrogen-bond donors (Lipinski definition) is 0. The molecular formula is C16H19FN2O. The topological polar surface area (TPSA) is 35.0 Å². The van der Waals surface area contributed by atoms with Gasteiger partial charge < -0.3 is 4.74 Å². The summed E-state index contributed by atoms with van der Waals surface area (Å²) in [4.78, 5) is 8.20. The van der Waals surface area contributed by atoms with Crippen LogP contribution in [0.5, 0.6) is 5.75 Å². The summed E-state index contributed by atoms with van der Waals surface area (Å²) < 4.78 is 19.3. The van der Waals surface area contributed by atoms with Gasteiger partial charge in [0.05, 0.1) is 6.61 Å². The quantitative estimate of drug-likeness (QED) is 0.746. The number of rotatable bonds is 6. The number of unbranched alkanes of at least 4 members (excludes halogenated alkanes) is 1. The van der Waals surface area contributed by atoms with Crippen LogP contribution in [0.1, 0.15) is 32.3 Å². The molecule has 0 spiro atoms. The third kappa shape index (κ3) is 3.53. The Morgan fingerprint density at radius 3 is 2.50 bits per heavy atom. The minimum atomic E-state index is -0.419. The molecule has 0 aliphatic rings. The van der Waals surface area contributed by atoms with Crippen LogP contribution >= 0.6 is 0 Å². The van der Waals surface area contributed by atoms with Crippen molar-refractivity contribution in [2.75, 3.05) is 6.61 Å². The standard InChI is InChI=1S/C16H19FN2O/c1-3-5-6-13-11-18-16(19-15(13)17)12-7-9-14(10-8-12)20-4-2/h7-11H,3-6H2,1-2H3. The first-order chi connectivity index (χ1) is 9.74. The van der Waals surface area contributed by atoms with E-state index >= 15 is 0 Å². The van der Waals surface area contributed by atoms with E-state index in [9.17, 15) is 4.39 Å². The number of aromatic nitrogens is 2. The van der Waals surface area contributed by atoms with Gasteiger partial charge in [-0.1, -0.05) is 13.3 Å². The summed E-state index contributed by atoms with van der Waals surface area (Å²) in [5, 5.41) is 0. The molecule has 0 aliphatic heterocycles. The summed E-state index contributed by atoms with van der Waals surface area (Å²) in [5.74, 6) is 0.777. The maximum Gasteiger partial charge on any atom is 0.219 e. The van der Waals surface area contributed by atoms with Gasteiger partial charge in [-0.25, -0.2) is 4.98 Å². The lowest BCUT2D eigenvalue weighted by Crippen LogP contribution is -1.99. The largest absolute Gasteiger partial charge is 0.494 e. The minimum absolute atomic E-state index is 0.408. The van der Waals surface area contributed by atoms with Crippen molar-refractivity contribution in [3.63, 3.8) is 0 Å². The average Bonchev–Trinajstić information content (AvgIpc) is 2.47. The summed E-state index contributed by atoms with van der Waals surface area (Å²) in [6, 6.07) is 7.35. The summed E-state index contributed by atoms with van der Waals surface area (Å²) in [6.45, 7) is 4.63. The Kier molecular flexibility index (Phi) is 5.04. The third-order valence-corrected chi connectivity index (χ3v) is 3.03. The number of halogens is 1. The molecule has 3 nitrogen and oxygen atoms in total. The van der Waals surface area contributed by atoms with Crippen LogP contribution in [0.2, 0.25) is 0 Å². The van der Waals surface area contributed by atoms with Gasteiger partial charge in [-0.3, -0.25) is 0 Å². The van der Waals surface area contributed by atoms with Crippen molar-refractivity contribution < 1.29 is 9.13 Å². The van der Waals surface area contributed by atoms with E-state index in [0.717, 1.165) is 24.2 Å². The van der Waals surface area contributed by atoms with Crippen molar-refractivity contribution in [3.8, 4) is 17.1 Å². The fourth-order valence-electron chi connectivity index (χ4n) is 1.93. The van der Waals surface area contributed by atoms with E-state index in [0.29, 0.717) is 24.4 Å². The second-order valence-electron chi connectivity index (χ2n) is 4.57. The molecule has 1 aromatic heterocycles. The molecule has 4 heteroatoms. The lowest BCUT2D eigenvalue weighted by molar-refractivity contribution is 0.340. The molecule has 2 aromatic rings. The van der Waals surface area contributed by atoms with Crippen LogP contribution in [0, 0.1) is 5.95 Å². The molecule has 0 N–H and O–H groups in total. The molecule has 0 saturated heterocycles. The van der Waals surface area contributed by atoms with Gasteiger partial charge in [0.25, 0.3) is 0 Å². The monoisotopic (exact) mass is 274 g/mol. The number of hydrogen-bond acceptors (Lipinski definition) is 3. The van der Waals surface area contributed by atoms with Gasteiger partial charge in [-0.2, -0.15) is 9.37 Å². The first-order valence-corrected chi connectivity index (χ1v) is 6.99. The molecule has 0 fully saturated rings. The van der Waals surface area contributed by atoms with Crippen molar-refractivity contribution in [2.24, 2.45) is 0 Å². The van der Waals surface area contributed by atoms with Crippen LogP contribution in [0.3, 0.4) is 0 Å². The Labute approximate surface area is 118 Å². The van der Waals surface area contributed by atoms with E-state index in [1.807, 2.05) is 31.2 Å². The van der Waals surface area contributed by atoms with Gasteiger partial charge >= 0.3 is 0 Å². The highest BCUT2D eigenvalue weighted by Gasteiger charge is 2.08. The van der Waals surface area contributed by atoms with Crippen LogP contribution in [-0.4, -0.2) is 16.6 Å². The molecule has 0 bridgehead atoms. The molecular weight excluding hydrogens is 255 g/mol. The molecule has 0 aliphatic carbocycles. The van der Waals surface area contributed by atoms with Crippen molar-refractivity contribution in [3.05, 3.63) is 42.0 Å². The molecule has 0 atom stereocenters. The molecule has 0 amide bonds. The predicted octanol–water partition coefficient (Wildman–Crippen LogP) is 4.02. The van der Waals surface area contributed by atoms with E-state index in [2.05, 4.69) is 16.9 Å². The normalized spacial score (nSPS) is 10.6. The highest BCUT2D eigenvalue weighted by atomic mass is 19.1. The lowest BCUT2D eigenvalue weighted by atomic mass is 10.1.